The van der Waals surface area contributed by atoms with E-state index in [-0.39, 0.29) is 5.91 Å². The summed E-state index contributed by atoms with van der Waals surface area (Å²) in [7, 11) is 1.97. The first-order valence-electron chi connectivity index (χ1n) is 10.6. The highest BCUT2D eigenvalue weighted by Crippen LogP contribution is 2.35. The van der Waals surface area contributed by atoms with Crippen LogP contribution in [0.25, 0.3) is 11.8 Å². The van der Waals surface area contributed by atoms with E-state index < -0.39 is 0 Å². The first-order valence-corrected chi connectivity index (χ1v) is 11.0. The zero-order valence-electron chi connectivity index (χ0n) is 18.2. The Kier molecular flexibility index (Phi) is 6.61. The average Bonchev–Trinajstić information content (AvgIpc) is 2.83. The first kappa shape index (κ1) is 22.4. The quantitative estimate of drug-likeness (QED) is 0.378. The van der Waals surface area contributed by atoms with E-state index in [2.05, 4.69) is 10.2 Å². The first-order chi connectivity index (χ1) is 16.0. The van der Waals surface area contributed by atoms with Gasteiger partial charge in [-0.1, -0.05) is 48.0 Å². The second-order valence-electron chi connectivity index (χ2n) is 7.83. The van der Waals surface area contributed by atoms with E-state index in [9.17, 15) is 9.59 Å². The second kappa shape index (κ2) is 9.76. The molecule has 1 aliphatic carbocycles. The van der Waals surface area contributed by atoms with Crippen LogP contribution in [0.1, 0.15) is 33.5 Å². The summed E-state index contributed by atoms with van der Waals surface area (Å²) >= 11 is 6.18. The molecule has 3 N–H and O–H groups in total. The van der Waals surface area contributed by atoms with Crippen molar-refractivity contribution < 1.29 is 9.59 Å². The fraction of sp³-hybridized carbons (Fsp3) is 0.111. The van der Waals surface area contributed by atoms with Crippen molar-refractivity contribution in [3.05, 3.63) is 106 Å². The molecule has 0 spiro atoms. The third-order valence-corrected chi connectivity index (χ3v) is 6.02. The van der Waals surface area contributed by atoms with Gasteiger partial charge in [0.1, 0.15) is 6.29 Å². The normalized spacial score (nSPS) is 13.0. The lowest BCUT2D eigenvalue weighted by Gasteiger charge is -2.30. The maximum Gasteiger partial charge on any atom is 0.257 e. The number of nitrogens with one attached hydrogen (secondary N) is 1. The largest absolute Gasteiger partial charge is 0.400 e. The molecule has 1 amide bonds. The van der Waals surface area contributed by atoms with E-state index in [4.69, 9.17) is 17.3 Å². The standard InChI is InChI=1S/C27H24ClN3O2/c1-31(21-13-8-18(9-14-21)5-4-16-32)26-23-17-20(12-10-19(23)11-15-25(26)29)30-27(33)22-6-2-3-7-24(22)28/h2-10,12-14,16-17H,11,15,29H2,1H3,(H,30,33)/b5-4+. The number of benzene rings is 3. The van der Waals surface area contributed by atoms with E-state index >= 15 is 0 Å². The number of aryl methyl sites for hydroxylation is 1. The number of allylic oxidation sites excluding steroid dienone is 2. The van der Waals surface area contributed by atoms with Crippen LogP contribution in [-0.2, 0) is 11.2 Å². The van der Waals surface area contributed by atoms with Crippen molar-refractivity contribution in [3.8, 4) is 0 Å². The van der Waals surface area contributed by atoms with Gasteiger partial charge in [-0.25, -0.2) is 0 Å². The molecule has 0 heterocycles. The van der Waals surface area contributed by atoms with E-state index in [1.165, 1.54) is 11.6 Å². The SMILES string of the molecule is CN(C1=C(N)CCc2ccc(NC(=O)c3ccccc3Cl)cc21)c1ccc(/C=C/C=O)cc1. The number of hydrogen-bond acceptors (Lipinski definition) is 4. The van der Waals surface area contributed by atoms with Gasteiger partial charge in [0.2, 0.25) is 0 Å². The van der Waals surface area contributed by atoms with Crippen LogP contribution >= 0.6 is 11.6 Å². The predicted molar refractivity (Wildman–Crippen MR) is 135 cm³/mol. The van der Waals surface area contributed by atoms with Crippen molar-refractivity contribution in [2.75, 3.05) is 17.3 Å². The van der Waals surface area contributed by atoms with Crippen LogP contribution < -0.4 is 16.0 Å². The topological polar surface area (TPSA) is 75.4 Å². The lowest BCUT2D eigenvalue weighted by Crippen LogP contribution is -2.24. The molecule has 6 heteroatoms. The number of nitrogens with two attached hydrogens (primary N) is 1. The van der Waals surface area contributed by atoms with Crippen molar-refractivity contribution in [2.24, 2.45) is 5.73 Å². The predicted octanol–water partition coefficient (Wildman–Crippen LogP) is 5.51. The van der Waals surface area contributed by atoms with Crippen LogP contribution in [0.3, 0.4) is 0 Å². The van der Waals surface area contributed by atoms with Crippen molar-refractivity contribution >= 4 is 46.9 Å². The van der Waals surface area contributed by atoms with Gasteiger partial charge in [-0.15, -0.1) is 0 Å². The monoisotopic (exact) mass is 457 g/mol. The molecule has 0 atom stereocenters. The molecule has 0 radical (unpaired) electrons. The van der Waals surface area contributed by atoms with Gasteiger partial charge in [0.05, 0.1) is 16.3 Å². The molecule has 0 saturated heterocycles. The molecule has 0 bridgehead atoms. The Bertz CT molecular complexity index is 1260. The van der Waals surface area contributed by atoms with Gasteiger partial charge < -0.3 is 16.0 Å². The second-order valence-corrected chi connectivity index (χ2v) is 8.23. The summed E-state index contributed by atoms with van der Waals surface area (Å²) in [5, 5.41) is 3.36. The summed E-state index contributed by atoms with van der Waals surface area (Å²) in [6.45, 7) is 0. The van der Waals surface area contributed by atoms with Crippen LogP contribution in [0, 0.1) is 0 Å². The highest BCUT2D eigenvalue weighted by molar-refractivity contribution is 6.34. The number of halogens is 1. The Morgan fingerprint density at radius 1 is 1.06 bits per heavy atom. The number of hydrogen-bond donors (Lipinski definition) is 2. The smallest absolute Gasteiger partial charge is 0.257 e. The lowest BCUT2D eigenvalue weighted by atomic mass is 9.91. The van der Waals surface area contributed by atoms with Gasteiger partial charge in [-0.3, -0.25) is 9.59 Å². The molecule has 0 aliphatic heterocycles. The Morgan fingerprint density at radius 2 is 1.82 bits per heavy atom. The minimum absolute atomic E-state index is 0.262. The van der Waals surface area contributed by atoms with E-state index in [0.29, 0.717) is 16.3 Å². The van der Waals surface area contributed by atoms with Crippen molar-refractivity contribution in [1.29, 1.82) is 0 Å². The summed E-state index contributed by atoms with van der Waals surface area (Å²) in [6.07, 6.45) is 5.58. The molecule has 166 valence electrons. The molecule has 3 aromatic rings. The summed E-state index contributed by atoms with van der Waals surface area (Å²) < 4.78 is 0. The number of rotatable bonds is 6. The number of fused-ring (bicyclic) bond motifs is 1. The molecule has 5 nitrogen and oxygen atoms in total. The summed E-state index contributed by atoms with van der Waals surface area (Å²) in [4.78, 5) is 25.4. The Morgan fingerprint density at radius 3 is 2.55 bits per heavy atom. The molecule has 4 rings (SSSR count). The third-order valence-electron chi connectivity index (χ3n) is 5.69. The minimum Gasteiger partial charge on any atom is -0.400 e. The van der Waals surface area contributed by atoms with Crippen LogP contribution in [0.15, 0.2) is 78.5 Å². The highest BCUT2D eigenvalue weighted by atomic mass is 35.5. The molecule has 0 fully saturated rings. The Hall–Kier alpha value is -3.83. The number of amides is 1. The zero-order chi connectivity index (χ0) is 23.4. The fourth-order valence-corrected chi connectivity index (χ4v) is 4.20. The van der Waals surface area contributed by atoms with Gasteiger partial charge in [0.15, 0.2) is 0 Å². The number of carbonyl (C=O) groups is 2. The summed E-state index contributed by atoms with van der Waals surface area (Å²) in [5.41, 5.74) is 13.4. The molecule has 3 aromatic carbocycles. The van der Waals surface area contributed by atoms with E-state index in [0.717, 1.165) is 47.3 Å². The number of anilines is 2. The molecular weight excluding hydrogens is 434 g/mol. The molecular formula is C27H24ClN3O2. The van der Waals surface area contributed by atoms with Gasteiger partial charge in [0.25, 0.3) is 5.91 Å². The van der Waals surface area contributed by atoms with Gasteiger partial charge in [-0.05, 0) is 66.4 Å². The van der Waals surface area contributed by atoms with Crippen LogP contribution in [0.4, 0.5) is 11.4 Å². The highest BCUT2D eigenvalue weighted by Gasteiger charge is 2.22. The molecule has 0 saturated carbocycles. The van der Waals surface area contributed by atoms with Crippen molar-refractivity contribution in [1.82, 2.24) is 0 Å². The van der Waals surface area contributed by atoms with Crippen molar-refractivity contribution in [3.63, 3.8) is 0 Å². The fourth-order valence-electron chi connectivity index (χ4n) is 3.98. The Labute approximate surface area is 198 Å². The van der Waals surface area contributed by atoms with Gasteiger partial charge in [0, 0.05) is 29.7 Å². The molecule has 0 unspecified atom stereocenters. The zero-order valence-corrected chi connectivity index (χ0v) is 19.0. The summed E-state index contributed by atoms with van der Waals surface area (Å²) in [5.74, 6) is -0.262. The third kappa shape index (κ3) is 4.83. The number of aldehydes is 1. The Balaban J connectivity index is 1.64. The molecule has 1 aliphatic rings. The molecule has 33 heavy (non-hydrogen) atoms. The average molecular weight is 458 g/mol. The van der Waals surface area contributed by atoms with Gasteiger partial charge >= 0.3 is 0 Å². The minimum atomic E-state index is -0.262. The van der Waals surface area contributed by atoms with Crippen molar-refractivity contribution in [2.45, 2.75) is 12.8 Å². The van der Waals surface area contributed by atoms with Gasteiger partial charge in [-0.2, -0.15) is 0 Å². The summed E-state index contributed by atoms with van der Waals surface area (Å²) in [6, 6.07) is 20.7. The maximum absolute atomic E-state index is 12.7. The van der Waals surface area contributed by atoms with E-state index in [1.54, 1.807) is 30.3 Å². The maximum atomic E-state index is 12.7. The van der Waals surface area contributed by atoms with E-state index in [1.807, 2.05) is 49.5 Å². The number of nitrogens with zero attached hydrogens (tertiary/aromatic N) is 1. The lowest BCUT2D eigenvalue weighted by molar-refractivity contribution is -0.104. The van der Waals surface area contributed by atoms with Crippen LogP contribution in [0.5, 0.6) is 0 Å². The van der Waals surface area contributed by atoms with Crippen LogP contribution in [0.2, 0.25) is 5.02 Å². The number of carbonyl (C=O) groups excluding carboxylic acids is 2. The van der Waals surface area contributed by atoms with Crippen LogP contribution in [-0.4, -0.2) is 19.2 Å². The molecule has 0 aromatic heterocycles.